The van der Waals surface area contributed by atoms with E-state index in [-0.39, 0.29) is 17.5 Å². The number of rotatable bonds is 5. The highest BCUT2D eigenvalue weighted by molar-refractivity contribution is 6.01. The molecule has 3 aromatic rings. The smallest absolute Gasteiger partial charge is 0.163 e. The maximum Gasteiger partial charge on any atom is 0.163 e. The van der Waals surface area contributed by atoms with Crippen LogP contribution in [0, 0.1) is 0 Å². The summed E-state index contributed by atoms with van der Waals surface area (Å²) in [6.45, 7) is 2.58. The quantitative estimate of drug-likeness (QED) is 0.452. The standard InChI is InChI=1S/C28H28N2O4/c1-3-34-20-11-8-17(9-12-20)19-14-23-27(25(32)16-19)28(18-10-13-26(33-2)24(31)15-18)30-22-7-5-4-6-21(22)29-23/h4-13,15,19,28-31H,3,14,16H2,1-2H3. The molecule has 0 spiro atoms. The largest absolute Gasteiger partial charge is 0.504 e. The third kappa shape index (κ3) is 4.07. The third-order valence-electron chi connectivity index (χ3n) is 6.51. The van der Waals surface area contributed by atoms with Gasteiger partial charge >= 0.3 is 0 Å². The highest BCUT2D eigenvalue weighted by atomic mass is 16.5. The van der Waals surface area contributed by atoms with Crippen LogP contribution < -0.4 is 20.1 Å². The number of carbonyl (C=O) groups is 1. The van der Waals surface area contributed by atoms with Gasteiger partial charge in [-0.05, 0) is 66.8 Å². The molecule has 1 heterocycles. The summed E-state index contributed by atoms with van der Waals surface area (Å²) in [5.41, 5.74) is 5.38. The monoisotopic (exact) mass is 456 g/mol. The van der Waals surface area contributed by atoms with Crippen molar-refractivity contribution in [3.63, 3.8) is 0 Å². The molecule has 6 heteroatoms. The van der Waals surface area contributed by atoms with Crippen LogP contribution in [0.2, 0.25) is 0 Å². The summed E-state index contributed by atoms with van der Waals surface area (Å²) >= 11 is 0. The summed E-state index contributed by atoms with van der Waals surface area (Å²) in [6.07, 6.45) is 1.13. The van der Waals surface area contributed by atoms with Crippen molar-refractivity contribution in [1.82, 2.24) is 0 Å². The highest BCUT2D eigenvalue weighted by Gasteiger charge is 2.36. The Kier molecular flexibility index (Phi) is 5.88. The molecule has 0 bridgehead atoms. The van der Waals surface area contributed by atoms with E-state index in [4.69, 9.17) is 9.47 Å². The number of nitrogens with one attached hydrogen (secondary N) is 2. The number of hydrogen-bond donors (Lipinski definition) is 3. The van der Waals surface area contributed by atoms with Crippen LogP contribution in [-0.4, -0.2) is 24.6 Å². The zero-order valence-electron chi connectivity index (χ0n) is 19.3. The number of allylic oxidation sites excluding steroid dienone is 1. The first-order chi connectivity index (χ1) is 16.6. The molecular weight excluding hydrogens is 428 g/mol. The van der Waals surface area contributed by atoms with Gasteiger partial charge in [0, 0.05) is 17.7 Å². The number of Topliss-reactive ketones (excluding diaryl/α,β-unsaturated/α-hetero) is 1. The van der Waals surface area contributed by atoms with E-state index < -0.39 is 6.04 Å². The van der Waals surface area contributed by atoms with Gasteiger partial charge in [0.05, 0.1) is 31.1 Å². The molecule has 0 radical (unpaired) electrons. The molecule has 3 N–H and O–H groups in total. The van der Waals surface area contributed by atoms with Crippen LogP contribution in [0.5, 0.6) is 17.2 Å². The number of phenols is 1. The second-order valence-electron chi connectivity index (χ2n) is 8.60. The molecule has 0 fully saturated rings. The summed E-state index contributed by atoms with van der Waals surface area (Å²) in [7, 11) is 1.52. The number of anilines is 2. The molecule has 0 aromatic heterocycles. The Morgan fingerprint density at radius 2 is 1.71 bits per heavy atom. The number of benzene rings is 3. The van der Waals surface area contributed by atoms with Gasteiger partial charge in [-0.15, -0.1) is 0 Å². The lowest BCUT2D eigenvalue weighted by molar-refractivity contribution is -0.116. The van der Waals surface area contributed by atoms with Crippen molar-refractivity contribution in [2.75, 3.05) is 24.4 Å². The molecule has 2 atom stereocenters. The molecule has 0 saturated heterocycles. The van der Waals surface area contributed by atoms with Gasteiger partial charge in [-0.25, -0.2) is 0 Å². The molecule has 1 aliphatic carbocycles. The normalized spacial score (nSPS) is 19.3. The topological polar surface area (TPSA) is 79.8 Å². The number of hydrogen-bond acceptors (Lipinski definition) is 6. The lowest BCUT2D eigenvalue weighted by Gasteiger charge is -2.30. The van der Waals surface area contributed by atoms with Crippen LogP contribution in [0.4, 0.5) is 11.4 Å². The van der Waals surface area contributed by atoms with Crippen LogP contribution in [-0.2, 0) is 4.79 Å². The van der Waals surface area contributed by atoms with Crippen LogP contribution in [0.25, 0.3) is 0 Å². The van der Waals surface area contributed by atoms with E-state index in [0.717, 1.165) is 33.9 Å². The van der Waals surface area contributed by atoms with Gasteiger partial charge in [0.15, 0.2) is 17.3 Å². The zero-order valence-corrected chi connectivity index (χ0v) is 19.3. The van der Waals surface area contributed by atoms with Gasteiger partial charge in [-0.3, -0.25) is 4.79 Å². The maximum atomic E-state index is 13.6. The van der Waals surface area contributed by atoms with Crippen molar-refractivity contribution in [3.8, 4) is 17.2 Å². The van der Waals surface area contributed by atoms with E-state index in [1.54, 1.807) is 12.1 Å². The summed E-state index contributed by atoms with van der Waals surface area (Å²) in [5, 5.41) is 17.5. The second-order valence-corrected chi connectivity index (χ2v) is 8.60. The molecule has 0 amide bonds. The van der Waals surface area contributed by atoms with Crippen molar-refractivity contribution in [1.29, 1.82) is 0 Å². The minimum Gasteiger partial charge on any atom is -0.504 e. The summed E-state index contributed by atoms with van der Waals surface area (Å²) in [5.74, 6) is 1.44. The van der Waals surface area contributed by atoms with E-state index >= 15 is 0 Å². The van der Waals surface area contributed by atoms with Crippen LogP contribution in [0.3, 0.4) is 0 Å². The number of methoxy groups -OCH3 is 1. The fourth-order valence-corrected chi connectivity index (χ4v) is 4.87. The number of carbonyl (C=O) groups excluding carboxylic acids is 1. The van der Waals surface area contributed by atoms with Gasteiger partial charge in [0.2, 0.25) is 0 Å². The molecule has 2 aliphatic rings. The highest BCUT2D eigenvalue weighted by Crippen LogP contribution is 2.45. The minimum atomic E-state index is -0.392. The molecule has 5 rings (SSSR count). The van der Waals surface area contributed by atoms with E-state index in [0.29, 0.717) is 30.8 Å². The lowest BCUT2D eigenvalue weighted by atomic mass is 9.78. The average molecular weight is 457 g/mol. The molecule has 174 valence electrons. The lowest BCUT2D eigenvalue weighted by Crippen LogP contribution is -2.26. The first-order valence-electron chi connectivity index (χ1n) is 11.6. The van der Waals surface area contributed by atoms with Gasteiger partial charge in [-0.2, -0.15) is 0 Å². The molecule has 1 aliphatic heterocycles. The molecule has 3 aromatic carbocycles. The summed E-state index contributed by atoms with van der Waals surface area (Å²) in [4.78, 5) is 13.6. The fourth-order valence-electron chi connectivity index (χ4n) is 4.87. The van der Waals surface area contributed by atoms with E-state index in [1.807, 2.05) is 49.4 Å². The van der Waals surface area contributed by atoms with Gasteiger partial charge in [0.1, 0.15) is 5.75 Å². The Morgan fingerprint density at radius 3 is 2.41 bits per heavy atom. The minimum absolute atomic E-state index is 0.0463. The first-order valence-corrected chi connectivity index (χ1v) is 11.6. The van der Waals surface area contributed by atoms with Gasteiger partial charge < -0.3 is 25.2 Å². The Morgan fingerprint density at radius 1 is 0.971 bits per heavy atom. The number of para-hydroxylation sites is 2. The first kappa shape index (κ1) is 21.9. The Labute approximate surface area is 199 Å². The predicted molar refractivity (Wildman–Crippen MR) is 133 cm³/mol. The second kappa shape index (κ2) is 9.14. The van der Waals surface area contributed by atoms with Crippen LogP contribution >= 0.6 is 0 Å². The number of ketones is 1. The Hall–Kier alpha value is -3.93. The van der Waals surface area contributed by atoms with Crippen molar-refractivity contribution < 1.29 is 19.4 Å². The Bertz CT molecular complexity index is 1250. The van der Waals surface area contributed by atoms with E-state index in [1.165, 1.54) is 7.11 Å². The van der Waals surface area contributed by atoms with E-state index in [2.05, 4.69) is 22.8 Å². The summed E-state index contributed by atoms with van der Waals surface area (Å²) < 4.78 is 10.8. The van der Waals surface area contributed by atoms with Crippen molar-refractivity contribution in [2.24, 2.45) is 0 Å². The van der Waals surface area contributed by atoms with Crippen molar-refractivity contribution in [2.45, 2.75) is 31.7 Å². The average Bonchev–Trinajstić information content (AvgIpc) is 3.01. The molecule has 2 unspecified atom stereocenters. The molecule has 34 heavy (non-hydrogen) atoms. The SMILES string of the molecule is CCOc1ccc(C2CC(=O)C3=C(C2)Nc2ccccc2NC3c2ccc(OC)c(O)c2)cc1. The van der Waals surface area contributed by atoms with Crippen LogP contribution in [0.15, 0.2) is 78.0 Å². The molecule has 0 saturated carbocycles. The predicted octanol–water partition coefficient (Wildman–Crippen LogP) is 5.78. The zero-order chi connectivity index (χ0) is 23.7. The molecular formula is C28H28N2O4. The maximum absolute atomic E-state index is 13.6. The molecule has 6 nitrogen and oxygen atoms in total. The van der Waals surface area contributed by atoms with E-state index in [9.17, 15) is 9.90 Å². The number of ether oxygens (including phenoxy) is 2. The van der Waals surface area contributed by atoms with Crippen molar-refractivity contribution >= 4 is 17.2 Å². The number of phenolic OH excluding ortho intramolecular Hbond substituents is 1. The fraction of sp³-hybridized carbons (Fsp3) is 0.250. The Balaban J connectivity index is 1.55. The van der Waals surface area contributed by atoms with Gasteiger partial charge in [-0.1, -0.05) is 30.3 Å². The van der Waals surface area contributed by atoms with Crippen LogP contribution in [0.1, 0.15) is 42.9 Å². The summed E-state index contributed by atoms with van der Waals surface area (Å²) in [6, 6.07) is 20.9. The van der Waals surface area contributed by atoms with Crippen molar-refractivity contribution in [3.05, 3.63) is 89.1 Å². The van der Waals surface area contributed by atoms with Gasteiger partial charge in [0.25, 0.3) is 0 Å². The number of fused-ring (bicyclic) bond motifs is 1. The number of aromatic hydroxyl groups is 1. The third-order valence-corrected chi connectivity index (χ3v) is 6.51.